The van der Waals surface area contributed by atoms with Crippen molar-refractivity contribution in [3.63, 3.8) is 0 Å². The van der Waals surface area contributed by atoms with Gasteiger partial charge in [0.2, 0.25) is 0 Å². The zero-order chi connectivity index (χ0) is 27.1. The number of esters is 1. The lowest BCUT2D eigenvalue weighted by molar-refractivity contribution is 0.0466. The number of unbranched alkanes of at least 4 members (excludes halogenated alkanes) is 4. The van der Waals surface area contributed by atoms with Gasteiger partial charge in [-0.1, -0.05) is 124 Å². The van der Waals surface area contributed by atoms with Gasteiger partial charge < -0.3 is 14.2 Å². The zero-order valence-electron chi connectivity index (χ0n) is 22.8. The summed E-state index contributed by atoms with van der Waals surface area (Å²) in [5.41, 5.74) is 4.44. The van der Waals surface area contributed by atoms with Crippen LogP contribution in [0.3, 0.4) is 0 Å². The molecule has 4 rings (SSSR count). The summed E-state index contributed by atoms with van der Waals surface area (Å²) in [7, 11) is 0. The Kier molecular flexibility index (Phi) is 11.0. The quantitative estimate of drug-likeness (QED) is 0.116. The summed E-state index contributed by atoms with van der Waals surface area (Å²) >= 11 is 0. The predicted octanol–water partition coefficient (Wildman–Crippen LogP) is 8.71. The maximum atomic E-state index is 13.6. The molecule has 0 N–H and O–H groups in total. The largest absolute Gasteiger partial charge is 0.489 e. The second-order valence-electron chi connectivity index (χ2n) is 9.73. The molecule has 0 unspecified atom stereocenters. The molecule has 0 saturated carbocycles. The van der Waals surface area contributed by atoms with Gasteiger partial charge in [-0.15, -0.1) is 0 Å². The summed E-state index contributed by atoms with van der Waals surface area (Å²) in [6.45, 7) is 3.20. The van der Waals surface area contributed by atoms with E-state index in [1.165, 1.54) is 19.3 Å². The highest BCUT2D eigenvalue weighted by atomic mass is 16.5. The van der Waals surface area contributed by atoms with Crippen LogP contribution in [0.25, 0.3) is 0 Å². The van der Waals surface area contributed by atoms with E-state index in [0.29, 0.717) is 30.3 Å². The van der Waals surface area contributed by atoms with Crippen LogP contribution in [0.2, 0.25) is 0 Å². The van der Waals surface area contributed by atoms with Crippen LogP contribution in [0.5, 0.6) is 11.5 Å². The molecule has 4 aromatic carbocycles. The fourth-order valence-electron chi connectivity index (χ4n) is 4.46. The molecule has 4 nitrogen and oxygen atoms in total. The normalized spacial score (nSPS) is 10.7. The standard InChI is InChI=1S/C35H38O4/c1-2-3-4-5-15-22-31-23-32(37-25-28-16-9-6-10-17-28)24-33(38-26-29-18-11-7-12-19-29)34(31)35(36)39-27-30-20-13-8-14-21-30/h6-14,16-21,23-24H,2-5,15,22,25-27H2,1H3. The molecule has 0 spiro atoms. The van der Waals surface area contributed by atoms with Gasteiger partial charge in [0.15, 0.2) is 0 Å². The van der Waals surface area contributed by atoms with E-state index in [4.69, 9.17) is 14.2 Å². The fourth-order valence-corrected chi connectivity index (χ4v) is 4.46. The number of aryl methyl sites for hydroxylation is 1. The summed E-state index contributed by atoms with van der Waals surface area (Å²) in [6.07, 6.45) is 6.45. The zero-order valence-corrected chi connectivity index (χ0v) is 22.8. The van der Waals surface area contributed by atoms with E-state index in [2.05, 4.69) is 6.92 Å². The highest BCUT2D eigenvalue weighted by Gasteiger charge is 2.22. The summed E-state index contributed by atoms with van der Waals surface area (Å²) in [6, 6.07) is 33.6. The lowest BCUT2D eigenvalue weighted by Gasteiger charge is -2.18. The molecule has 0 aliphatic heterocycles. The Bertz CT molecular complexity index is 1270. The van der Waals surface area contributed by atoms with Crippen LogP contribution in [-0.2, 0) is 31.0 Å². The molecule has 0 aliphatic rings. The lowest BCUT2D eigenvalue weighted by Crippen LogP contribution is -2.12. The van der Waals surface area contributed by atoms with E-state index in [-0.39, 0.29) is 12.6 Å². The first-order chi connectivity index (χ1) is 19.2. The Morgan fingerprint density at radius 3 is 1.74 bits per heavy atom. The van der Waals surface area contributed by atoms with Crippen molar-refractivity contribution in [2.75, 3.05) is 0 Å². The smallest absolute Gasteiger partial charge is 0.342 e. The highest BCUT2D eigenvalue weighted by molar-refractivity contribution is 5.94. The first-order valence-electron chi connectivity index (χ1n) is 13.9. The van der Waals surface area contributed by atoms with Crippen LogP contribution in [0.15, 0.2) is 103 Å². The van der Waals surface area contributed by atoms with E-state index in [0.717, 1.165) is 41.5 Å². The van der Waals surface area contributed by atoms with Crippen LogP contribution < -0.4 is 9.47 Å². The van der Waals surface area contributed by atoms with Crippen molar-refractivity contribution in [1.29, 1.82) is 0 Å². The van der Waals surface area contributed by atoms with Crippen molar-refractivity contribution in [2.24, 2.45) is 0 Å². The van der Waals surface area contributed by atoms with Crippen molar-refractivity contribution in [3.8, 4) is 11.5 Å². The third kappa shape index (κ3) is 9.03. The van der Waals surface area contributed by atoms with Crippen LogP contribution in [0.4, 0.5) is 0 Å². The molecule has 0 heterocycles. The predicted molar refractivity (Wildman–Crippen MR) is 156 cm³/mol. The van der Waals surface area contributed by atoms with Crippen LogP contribution in [0.1, 0.15) is 71.6 Å². The molecule has 0 aliphatic carbocycles. The lowest BCUT2D eigenvalue weighted by atomic mass is 9.99. The van der Waals surface area contributed by atoms with Crippen molar-refractivity contribution in [2.45, 2.75) is 65.3 Å². The van der Waals surface area contributed by atoms with E-state index in [1.807, 2.05) is 103 Å². The monoisotopic (exact) mass is 522 g/mol. The Morgan fingerprint density at radius 1 is 0.615 bits per heavy atom. The summed E-state index contributed by atoms with van der Waals surface area (Å²) in [5.74, 6) is 0.802. The fraction of sp³-hybridized carbons (Fsp3) is 0.286. The van der Waals surface area contributed by atoms with E-state index >= 15 is 0 Å². The van der Waals surface area contributed by atoms with Gasteiger partial charge in [-0.25, -0.2) is 4.79 Å². The first kappa shape index (κ1) is 28.0. The molecular weight excluding hydrogens is 484 g/mol. The maximum Gasteiger partial charge on any atom is 0.342 e. The Morgan fingerprint density at radius 2 is 1.15 bits per heavy atom. The summed E-state index contributed by atoms with van der Waals surface area (Å²) < 4.78 is 18.3. The van der Waals surface area contributed by atoms with E-state index in [1.54, 1.807) is 0 Å². The second kappa shape index (κ2) is 15.4. The van der Waals surface area contributed by atoms with Crippen molar-refractivity contribution >= 4 is 5.97 Å². The molecule has 0 bridgehead atoms. The van der Waals surface area contributed by atoms with Gasteiger partial charge in [-0.05, 0) is 41.2 Å². The summed E-state index contributed by atoms with van der Waals surface area (Å²) in [5, 5.41) is 0. The number of rotatable bonds is 15. The molecule has 39 heavy (non-hydrogen) atoms. The molecule has 202 valence electrons. The number of carbonyl (C=O) groups excluding carboxylic acids is 1. The molecule has 0 saturated heterocycles. The Balaban J connectivity index is 1.61. The topological polar surface area (TPSA) is 44.8 Å². The van der Waals surface area contributed by atoms with Crippen LogP contribution in [-0.4, -0.2) is 5.97 Å². The van der Waals surface area contributed by atoms with E-state index < -0.39 is 0 Å². The minimum Gasteiger partial charge on any atom is -0.489 e. The van der Waals surface area contributed by atoms with Gasteiger partial charge in [0.05, 0.1) is 0 Å². The highest BCUT2D eigenvalue weighted by Crippen LogP contribution is 2.32. The van der Waals surface area contributed by atoms with Gasteiger partial charge in [0.1, 0.15) is 36.9 Å². The third-order valence-corrected chi connectivity index (χ3v) is 6.61. The van der Waals surface area contributed by atoms with Crippen molar-refractivity contribution in [1.82, 2.24) is 0 Å². The average molecular weight is 523 g/mol. The first-order valence-corrected chi connectivity index (χ1v) is 13.9. The number of hydrogen-bond acceptors (Lipinski definition) is 4. The molecule has 0 atom stereocenters. The van der Waals surface area contributed by atoms with Gasteiger partial charge >= 0.3 is 5.97 Å². The van der Waals surface area contributed by atoms with Gasteiger partial charge in [-0.3, -0.25) is 0 Å². The number of ether oxygens (including phenoxy) is 3. The minimum atomic E-state index is -0.375. The SMILES string of the molecule is CCCCCCCc1cc(OCc2ccccc2)cc(OCc2ccccc2)c1C(=O)OCc1ccccc1. The molecule has 0 amide bonds. The van der Waals surface area contributed by atoms with Gasteiger partial charge in [0.25, 0.3) is 0 Å². The average Bonchev–Trinajstić information content (AvgIpc) is 2.99. The van der Waals surface area contributed by atoms with Gasteiger partial charge in [-0.2, -0.15) is 0 Å². The Hall–Kier alpha value is -4.05. The number of benzene rings is 4. The number of hydrogen-bond donors (Lipinski definition) is 0. The van der Waals surface area contributed by atoms with Crippen molar-refractivity contribution < 1.29 is 19.0 Å². The molecule has 4 aromatic rings. The summed E-state index contributed by atoms with van der Waals surface area (Å²) in [4.78, 5) is 13.6. The minimum absolute atomic E-state index is 0.208. The molecule has 0 radical (unpaired) electrons. The molecular formula is C35H38O4. The second-order valence-corrected chi connectivity index (χ2v) is 9.73. The van der Waals surface area contributed by atoms with Crippen molar-refractivity contribution in [3.05, 3.63) is 131 Å². The number of carbonyl (C=O) groups is 1. The molecule has 4 heteroatoms. The van der Waals surface area contributed by atoms with Crippen LogP contribution >= 0.6 is 0 Å². The van der Waals surface area contributed by atoms with Gasteiger partial charge in [0, 0.05) is 6.07 Å². The van der Waals surface area contributed by atoms with E-state index in [9.17, 15) is 4.79 Å². The molecule has 0 fully saturated rings. The molecule has 0 aromatic heterocycles. The maximum absolute atomic E-state index is 13.6. The Labute approximate surface area is 232 Å². The third-order valence-electron chi connectivity index (χ3n) is 6.61. The van der Waals surface area contributed by atoms with Crippen LogP contribution in [0, 0.1) is 0 Å².